The molecular weight excluding hydrogens is 684 g/mol. The zero-order chi connectivity index (χ0) is 28.6. The van der Waals surface area contributed by atoms with Crippen LogP contribution in [0, 0.1) is 5.92 Å². The molecule has 0 saturated carbocycles. The van der Waals surface area contributed by atoms with E-state index in [9.17, 15) is 0 Å². The minimum Gasteiger partial charge on any atom is -0.358 e. The molecule has 0 fully saturated rings. The third-order valence-corrected chi connectivity index (χ3v) is 9.12. The maximum Gasteiger partial charge on any atom is 0.0694 e. The van der Waals surface area contributed by atoms with Crippen LogP contribution in [0.2, 0.25) is 0 Å². The standard InChI is InChI=1S/C36H46N4.Pt/c1-9-21-22(10-2)30-18-32-25(13-5)26(14-6)34(39-32)20-36-28(16-8)27(15-7)35(40-36)19-33-24(12-4)23(11-3)31(38-33)17-29(21)37-30;/h17-21,37H,9-16H2,1-8H3;. The van der Waals surface area contributed by atoms with Crippen LogP contribution >= 0.6 is 0 Å². The molecule has 5 heteroatoms. The van der Waals surface area contributed by atoms with Crippen LogP contribution in [0.15, 0.2) is 107 Å². The van der Waals surface area contributed by atoms with Crippen molar-refractivity contribution in [1.82, 2.24) is 5.32 Å². The maximum absolute atomic E-state index is 5.29. The molecule has 0 aromatic rings. The largest absolute Gasteiger partial charge is 0.358 e. The van der Waals surface area contributed by atoms with Gasteiger partial charge in [0.05, 0.1) is 34.2 Å². The molecule has 5 aliphatic heterocycles. The Morgan fingerprint density at radius 2 is 0.902 bits per heavy atom. The van der Waals surface area contributed by atoms with Gasteiger partial charge in [-0.05, 0) is 115 Å². The van der Waals surface area contributed by atoms with Gasteiger partial charge in [0.15, 0.2) is 0 Å². The fourth-order valence-electron chi connectivity index (χ4n) is 7.22. The number of allylic oxidation sites excluding steroid dienone is 11. The number of hydrogen-bond donors (Lipinski definition) is 1. The average molecular weight is 730 g/mol. The van der Waals surface area contributed by atoms with Gasteiger partial charge < -0.3 is 5.32 Å². The van der Waals surface area contributed by atoms with Gasteiger partial charge >= 0.3 is 0 Å². The molecule has 5 aliphatic rings. The smallest absolute Gasteiger partial charge is 0.0694 e. The summed E-state index contributed by atoms with van der Waals surface area (Å²) >= 11 is 0. The maximum atomic E-state index is 5.29. The summed E-state index contributed by atoms with van der Waals surface area (Å²) in [5.74, 6) is 0.375. The minimum atomic E-state index is 0. The zero-order valence-corrected chi connectivity index (χ0v) is 28.5. The van der Waals surface area contributed by atoms with E-state index in [1.807, 2.05) is 0 Å². The third kappa shape index (κ3) is 5.38. The minimum absolute atomic E-state index is 0. The Hall–Kier alpha value is -2.58. The van der Waals surface area contributed by atoms with E-state index in [4.69, 9.17) is 15.0 Å². The van der Waals surface area contributed by atoms with Crippen LogP contribution in [-0.4, -0.2) is 17.1 Å². The van der Waals surface area contributed by atoms with Crippen molar-refractivity contribution in [3.8, 4) is 0 Å². The molecule has 8 bridgehead atoms. The molecule has 0 amide bonds. The van der Waals surface area contributed by atoms with E-state index < -0.39 is 0 Å². The quantitative estimate of drug-likeness (QED) is 0.266. The summed E-state index contributed by atoms with van der Waals surface area (Å²) < 4.78 is 0. The molecule has 5 rings (SSSR count). The predicted octanol–water partition coefficient (Wildman–Crippen LogP) is 9.54. The van der Waals surface area contributed by atoms with E-state index in [0.29, 0.717) is 5.92 Å². The third-order valence-electron chi connectivity index (χ3n) is 9.12. The number of fused-ring (bicyclic) bond motifs is 5. The molecule has 5 heterocycles. The van der Waals surface area contributed by atoms with Crippen LogP contribution < -0.4 is 5.32 Å². The summed E-state index contributed by atoms with van der Waals surface area (Å²) in [7, 11) is 0. The number of aliphatic imine (C=N–C) groups is 3. The molecule has 1 unspecified atom stereocenters. The molecule has 1 atom stereocenters. The first-order valence-electron chi connectivity index (χ1n) is 15.8. The van der Waals surface area contributed by atoms with Gasteiger partial charge in [0.2, 0.25) is 0 Å². The summed E-state index contributed by atoms with van der Waals surface area (Å²) in [6.45, 7) is 18.1. The Labute approximate surface area is 262 Å². The normalized spacial score (nSPS) is 21.9. The van der Waals surface area contributed by atoms with Gasteiger partial charge in [-0.15, -0.1) is 0 Å². The Morgan fingerprint density at radius 1 is 0.512 bits per heavy atom. The van der Waals surface area contributed by atoms with Crippen molar-refractivity contribution in [2.75, 3.05) is 0 Å². The van der Waals surface area contributed by atoms with E-state index in [2.05, 4.69) is 85.0 Å². The zero-order valence-electron chi connectivity index (χ0n) is 26.2. The monoisotopic (exact) mass is 729 g/mol. The Balaban J connectivity index is 0.00000387. The summed E-state index contributed by atoms with van der Waals surface area (Å²) in [5, 5.41) is 3.86. The second-order valence-electron chi connectivity index (χ2n) is 11.1. The van der Waals surface area contributed by atoms with Gasteiger partial charge in [-0.1, -0.05) is 55.4 Å². The van der Waals surface area contributed by atoms with Crippen LogP contribution in [0.4, 0.5) is 0 Å². The van der Waals surface area contributed by atoms with Crippen molar-refractivity contribution in [2.24, 2.45) is 20.9 Å². The molecule has 0 saturated heterocycles. The van der Waals surface area contributed by atoms with Crippen LogP contribution in [0.25, 0.3) is 0 Å². The van der Waals surface area contributed by atoms with Crippen molar-refractivity contribution in [1.29, 1.82) is 0 Å². The van der Waals surface area contributed by atoms with Crippen LogP contribution in [-0.2, 0) is 21.1 Å². The van der Waals surface area contributed by atoms with Gasteiger partial charge in [-0.3, -0.25) is 0 Å². The van der Waals surface area contributed by atoms with Crippen molar-refractivity contribution < 1.29 is 21.1 Å². The molecular formula is C36H46N4Pt. The Kier molecular flexibility index (Phi) is 10.1. The first-order valence-corrected chi connectivity index (χ1v) is 15.8. The van der Waals surface area contributed by atoms with Gasteiger partial charge in [-0.2, -0.15) is 0 Å². The molecule has 0 aromatic carbocycles. The van der Waals surface area contributed by atoms with Crippen molar-refractivity contribution in [3.63, 3.8) is 0 Å². The summed E-state index contributed by atoms with van der Waals surface area (Å²) in [6.07, 6.45) is 17.1. The SMILES string of the molecule is CCC1=C(CC)C2=NC1=CC1=NC(=CC3=C(CC)C(CC)C(=CC4=NC(=C2)C(CC)=C4CC)N3)C(CC)=C1CC.[Pt]. The van der Waals surface area contributed by atoms with Crippen LogP contribution in [0.1, 0.15) is 107 Å². The molecule has 0 aromatic heterocycles. The van der Waals surface area contributed by atoms with Crippen LogP contribution in [0.3, 0.4) is 0 Å². The summed E-state index contributed by atoms with van der Waals surface area (Å²) in [5.41, 5.74) is 18.6. The van der Waals surface area contributed by atoms with Gasteiger partial charge in [-0.25, -0.2) is 15.0 Å². The number of rotatable bonds is 8. The molecule has 41 heavy (non-hydrogen) atoms. The number of hydrogen-bond acceptors (Lipinski definition) is 4. The molecule has 1 N–H and O–H groups in total. The molecule has 0 aliphatic carbocycles. The fraction of sp³-hybridized carbons (Fsp3) is 0.472. The number of nitrogens with one attached hydrogen (secondary N) is 1. The van der Waals surface area contributed by atoms with Crippen molar-refractivity contribution in [2.45, 2.75) is 107 Å². The van der Waals surface area contributed by atoms with E-state index in [0.717, 1.165) is 85.6 Å². The van der Waals surface area contributed by atoms with Crippen molar-refractivity contribution >= 4 is 17.1 Å². The average Bonchev–Trinajstić information content (AvgIpc) is 3.67. The van der Waals surface area contributed by atoms with Crippen LogP contribution in [0.5, 0.6) is 0 Å². The second kappa shape index (κ2) is 13.2. The fourth-order valence-corrected chi connectivity index (χ4v) is 7.22. The Bertz CT molecular complexity index is 1480. The van der Waals surface area contributed by atoms with E-state index in [1.54, 1.807) is 0 Å². The first-order chi connectivity index (χ1) is 19.5. The first kappa shape index (κ1) is 31.4. The predicted molar refractivity (Wildman–Crippen MR) is 172 cm³/mol. The second-order valence-corrected chi connectivity index (χ2v) is 11.1. The van der Waals surface area contributed by atoms with Crippen molar-refractivity contribution in [3.05, 3.63) is 91.8 Å². The summed E-state index contributed by atoms with van der Waals surface area (Å²) in [6, 6.07) is 0. The van der Waals surface area contributed by atoms with E-state index >= 15 is 0 Å². The van der Waals surface area contributed by atoms with Gasteiger partial charge in [0.25, 0.3) is 0 Å². The summed E-state index contributed by atoms with van der Waals surface area (Å²) in [4.78, 5) is 15.8. The topological polar surface area (TPSA) is 49.1 Å². The van der Waals surface area contributed by atoms with Gasteiger partial charge in [0.1, 0.15) is 0 Å². The Morgan fingerprint density at radius 3 is 1.27 bits per heavy atom. The molecule has 220 valence electrons. The number of nitrogens with zero attached hydrogens (tertiary/aromatic N) is 3. The molecule has 0 spiro atoms. The van der Waals surface area contributed by atoms with E-state index in [-0.39, 0.29) is 21.1 Å². The molecule has 4 nitrogen and oxygen atoms in total. The molecule has 0 radical (unpaired) electrons. The van der Waals surface area contributed by atoms with Gasteiger partial charge in [0, 0.05) is 38.4 Å². The van der Waals surface area contributed by atoms with E-state index in [1.165, 1.54) is 50.4 Å².